The van der Waals surface area contributed by atoms with Gasteiger partial charge < -0.3 is 14.8 Å². The highest BCUT2D eigenvalue weighted by atomic mass is 16.5. The summed E-state index contributed by atoms with van der Waals surface area (Å²) in [6.07, 6.45) is 4.52. The summed E-state index contributed by atoms with van der Waals surface area (Å²) in [5.74, 6) is -0.0681. The maximum Gasteiger partial charge on any atom is 0.221 e. The smallest absolute Gasteiger partial charge is 0.221 e. The van der Waals surface area contributed by atoms with Gasteiger partial charge >= 0.3 is 0 Å². The number of aromatic nitrogens is 1. The van der Waals surface area contributed by atoms with Crippen molar-refractivity contribution in [2.45, 2.75) is 56.9 Å². The number of carbonyl (C=O) groups excluding carboxylic acids is 1. The highest BCUT2D eigenvalue weighted by molar-refractivity contribution is 5.92. The molecule has 4 rings (SSSR count). The number of fused-ring (bicyclic) bond motifs is 2. The average molecular weight is 383 g/mol. The number of anilines is 1. The van der Waals surface area contributed by atoms with Crippen LogP contribution in [-0.4, -0.2) is 54.3 Å². The number of hydrogen-bond donors (Lipinski definition) is 1. The lowest BCUT2D eigenvalue weighted by Crippen LogP contribution is -2.51. The highest BCUT2D eigenvalue weighted by Gasteiger charge is 2.51. The molecule has 1 aliphatic carbocycles. The normalized spacial score (nSPS) is 27.7. The van der Waals surface area contributed by atoms with E-state index in [1.807, 2.05) is 32.4 Å². The fourth-order valence-electron chi connectivity index (χ4n) is 4.90. The minimum Gasteiger partial charge on any atom is -0.381 e. The molecule has 0 radical (unpaired) electrons. The third-order valence-electron chi connectivity index (χ3n) is 6.42. The molecule has 0 spiro atoms. The van der Waals surface area contributed by atoms with E-state index in [4.69, 9.17) is 14.5 Å². The summed E-state index contributed by atoms with van der Waals surface area (Å²) in [6.45, 7) is 3.35. The van der Waals surface area contributed by atoms with E-state index < -0.39 is 0 Å². The molecular weight excluding hydrogens is 354 g/mol. The Kier molecular flexibility index (Phi) is 5.36. The van der Waals surface area contributed by atoms with Crippen LogP contribution in [0.15, 0.2) is 30.3 Å². The maximum absolute atomic E-state index is 11.3. The van der Waals surface area contributed by atoms with E-state index in [1.165, 1.54) is 6.92 Å². The molecule has 6 nitrogen and oxygen atoms in total. The van der Waals surface area contributed by atoms with Crippen LogP contribution in [0.5, 0.6) is 0 Å². The first kappa shape index (κ1) is 19.3. The Hall–Kier alpha value is -2.02. The molecular formula is C22H29N3O3. The number of nitrogens with zero attached hydrogens (tertiary/aromatic N) is 2. The van der Waals surface area contributed by atoms with Gasteiger partial charge in [0.2, 0.25) is 5.91 Å². The predicted octanol–water partition coefficient (Wildman–Crippen LogP) is 3.35. The Morgan fingerprint density at radius 3 is 2.89 bits per heavy atom. The van der Waals surface area contributed by atoms with Gasteiger partial charge in [0.05, 0.1) is 22.9 Å². The van der Waals surface area contributed by atoms with E-state index in [9.17, 15) is 4.79 Å². The predicted molar refractivity (Wildman–Crippen MR) is 109 cm³/mol. The second-order valence-electron chi connectivity index (χ2n) is 8.03. The molecule has 1 N–H and O–H groups in total. The van der Waals surface area contributed by atoms with Gasteiger partial charge in [0.15, 0.2) is 0 Å². The van der Waals surface area contributed by atoms with Crippen molar-refractivity contribution < 1.29 is 14.3 Å². The Morgan fingerprint density at radius 1 is 1.29 bits per heavy atom. The standard InChI is InChI=1S/C22H29N3O3/c1-15(26)23-17-6-7-20-16(12-17)4-5-18(24-20)14-25-11-10-22(28-3)9-8-19(27-2)13-21(22)25/h4-7,12,19,21H,8-11,13-14H2,1-3H3,(H,23,26). The molecule has 150 valence electrons. The molecule has 6 heteroatoms. The SMILES string of the molecule is COC1CCC2(OC)CCN(Cc3ccc4cc(NC(C)=O)ccc4n3)C2C1. The number of nitrogens with one attached hydrogen (secondary N) is 1. The minimum absolute atomic E-state index is 0.0425. The summed E-state index contributed by atoms with van der Waals surface area (Å²) in [7, 11) is 3.66. The topological polar surface area (TPSA) is 63.7 Å². The summed E-state index contributed by atoms with van der Waals surface area (Å²) >= 11 is 0. The molecule has 3 atom stereocenters. The van der Waals surface area contributed by atoms with Gasteiger partial charge in [-0.1, -0.05) is 6.07 Å². The van der Waals surface area contributed by atoms with Crippen molar-refractivity contribution in [3.63, 3.8) is 0 Å². The second-order valence-corrected chi connectivity index (χ2v) is 8.03. The van der Waals surface area contributed by atoms with Crippen LogP contribution in [0.4, 0.5) is 5.69 Å². The fourth-order valence-corrected chi connectivity index (χ4v) is 4.90. The van der Waals surface area contributed by atoms with Gasteiger partial charge in [-0.05, 0) is 49.9 Å². The lowest BCUT2D eigenvalue weighted by molar-refractivity contribution is -0.114. The molecule has 3 unspecified atom stereocenters. The molecule has 28 heavy (non-hydrogen) atoms. The van der Waals surface area contributed by atoms with Gasteiger partial charge in [0.1, 0.15) is 0 Å². The molecule has 1 saturated heterocycles. The fraction of sp³-hybridized carbons (Fsp3) is 0.545. The van der Waals surface area contributed by atoms with Gasteiger partial charge in [-0.25, -0.2) is 0 Å². The zero-order chi connectivity index (χ0) is 19.7. The first-order valence-electron chi connectivity index (χ1n) is 10.0. The largest absolute Gasteiger partial charge is 0.381 e. The molecule has 1 amide bonds. The van der Waals surface area contributed by atoms with Crippen LogP contribution in [-0.2, 0) is 20.8 Å². The zero-order valence-corrected chi connectivity index (χ0v) is 16.9. The Bertz CT molecular complexity index is 871. The Morgan fingerprint density at radius 2 is 2.14 bits per heavy atom. The Labute approximate surface area is 166 Å². The average Bonchev–Trinajstić information content (AvgIpc) is 3.05. The quantitative estimate of drug-likeness (QED) is 0.858. The third kappa shape index (κ3) is 3.64. The summed E-state index contributed by atoms with van der Waals surface area (Å²) in [5, 5.41) is 3.85. The first-order chi connectivity index (χ1) is 13.5. The van der Waals surface area contributed by atoms with Crippen LogP contribution in [0.3, 0.4) is 0 Å². The van der Waals surface area contributed by atoms with Gasteiger partial charge in [-0.15, -0.1) is 0 Å². The summed E-state index contributed by atoms with van der Waals surface area (Å²) in [4.78, 5) is 18.6. The van der Waals surface area contributed by atoms with Crippen molar-refractivity contribution >= 4 is 22.5 Å². The second kappa shape index (κ2) is 7.78. The van der Waals surface area contributed by atoms with E-state index >= 15 is 0 Å². The number of rotatable bonds is 5. The van der Waals surface area contributed by atoms with Gasteiger partial charge in [-0.2, -0.15) is 0 Å². The van der Waals surface area contributed by atoms with Crippen LogP contribution in [0.2, 0.25) is 0 Å². The highest BCUT2D eigenvalue weighted by Crippen LogP contribution is 2.43. The lowest BCUT2D eigenvalue weighted by Gasteiger charge is -2.43. The first-order valence-corrected chi connectivity index (χ1v) is 10.0. The summed E-state index contributed by atoms with van der Waals surface area (Å²) in [6, 6.07) is 10.4. The van der Waals surface area contributed by atoms with Crippen molar-refractivity contribution in [2.75, 3.05) is 26.1 Å². The van der Waals surface area contributed by atoms with Crippen molar-refractivity contribution in [3.05, 3.63) is 36.0 Å². The van der Waals surface area contributed by atoms with Crippen LogP contribution >= 0.6 is 0 Å². The lowest BCUT2D eigenvalue weighted by atomic mass is 9.79. The molecule has 1 aliphatic heterocycles. The zero-order valence-electron chi connectivity index (χ0n) is 16.9. The number of benzene rings is 1. The van der Waals surface area contributed by atoms with Gasteiger partial charge in [0, 0.05) is 51.3 Å². The van der Waals surface area contributed by atoms with Crippen molar-refractivity contribution in [3.8, 4) is 0 Å². The molecule has 1 saturated carbocycles. The van der Waals surface area contributed by atoms with E-state index in [0.717, 1.165) is 61.1 Å². The molecule has 1 aromatic heterocycles. The van der Waals surface area contributed by atoms with Crippen molar-refractivity contribution in [1.29, 1.82) is 0 Å². The van der Waals surface area contributed by atoms with Crippen LogP contribution in [0.25, 0.3) is 10.9 Å². The van der Waals surface area contributed by atoms with E-state index in [2.05, 4.69) is 22.3 Å². The molecule has 0 bridgehead atoms. The minimum atomic E-state index is -0.0681. The molecule has 2 aromatic rings. The molecule has 2 heterocycles. The van der Waals surface area contributed by atoms with Crippen LogP contribution in [0.1, 0.15) is 38.3 Å². The molecule has 2 fully saturated rings. The van der Waals surface area contributed by atoms with Crippen molar-refractivity contribution in [1.82, 2.24) is 9.88 Å². The number of methoxy groups -OCH3 is 2. The summed E-state index contributed by atoms with van der Waals surface area (Å²) < 4.78 is 11.7. The maximum atomic E-state index is 11.3. The molecule has 1 aromatic carbocycles. The summed E-state index contributed by atoms with van der Waals surface area (Å²) in [5.41, 5.74) is 2.76. The van der Waals surface area contributed by atoms with Crippen LogP contribution in [0, 0.1) is 0 Å². The van der Waals surface area contributed by atoms with E-state index in [-0.39, 0.29) is 11.5 Å². The Balaban J connectivity index is 1.53. The van der Waals surface area contributed by atoms with E-state index in [1.54, 1.807) is 0 Å². The number of carbonyl (C=O) groups is 1. The number of pyridine rings is 1. The van der Waals surface area contributed by atoms with Gasteiger partial charge in [0.25, 0.3) is 0 Å². The number of amides is 1. The number of hydrogen-bond acceptors (Lipinski definition) is 5. The van der Waals surface area contributed by atoms with E-state index in [0.29, 0.717) is 12.1 Å². The van der Waals surface area contributed by atoms with Gasteiger partial charge in [-0.3, -0.25) is 14.7 Å². The third-order valence-corrected chi connectivity index (χ3v) is 6.42. The monoisotopic (exact) mass is 383 g/mol. The van der Waals surface area contributed by atoms with Crippen LogP contribution < -0.4 is 5.32 Å². The number of ether oxygens (including phenoxy) is 2. The number of likely N-dealkylation sites (tertiary alicyclic amines) is 1. The van der Waals surface area contributed by atoms with Crippen molar-refractivity contribution in [2.24, 2.45) is 0 Å². The molecule has 2 aliphatic rings.